The van der Waals surface area contributed by atoms with Gasteiger partial charge in [0.05, 0.1) is 11.5 Å². The van der Waals surface area contributed by atoms with Gasteiger partial charge in [0, 0.05) is 9.75 Å². The largest absolute Gasteiger partial charge is 0.464 e. The number of hydrogen-bond acceptors (Lipinski definition) is 6. The topological polar surface area (TPSA) is 63.7 Å². The van der Waals surface area contributed by atoms with Crippen molar-refractivity contribution < 1.29 is 19.1 Å². The summed E-state index contributed by atoms with van der Waals surface area (Å²) in [7, 11) is 0. The van der Waals surface area contributed by atoms with Crippen LogP contribution in [0.1, 0.15) is 23.6 Å². The Morgan fingerprint density at radius 3 is 2.71 bits per heavy atom. The number of carbonyl (C=O) groups excluding carboxylic acids is 3. The summed E-state index contributed by atoms with van der Waals surface area (Å²) in [5.74, 6) is -1.02. The van der Waals surface area contributed by atoms with Crippen molar-refractivity contribution in [1.29, 1.82) is 0 Å². The van der Waals surface area contributed by atoms with Crippen molar-refractivity contribution in [3.8, 4) is 0 Å². The van der Waals surface area contributed by atoms with Gasteiger partial charge in [-0.25, -0.2) is 4.79 Å². The minimum atomic E-state index is -0.909. The quantitative estimate of drug-likeness (QED) is 0.629. The summed E-state index contributed by atoms with van der Waals surface area (Å²) in [5, 5.41) is -0.444. The van der Waals surface area contributed by atoms with E-state index < -0.39 is 23.2 Å². The van der Waals surface area contributed by atoms with Crippen LogP contribution in [0.2, 0.25) is 0 Å². The molecule has 0 spiro atoms. The number of rotatable bonds is 4. The number of ether oxygens (including phenoxy) is 1. The Hall–Kier alpha value is -1.60. The number of imide groups is 1. The van der Waals surface area contributed by atoms with Crippen LogP contribution in [0.5, 0.6) is 0 Å². The van der Waals surface area contributed by atoms with E-state index in [1.54, 1.807) is 13.0 Å². The fourth-order valence-electron chi connectivity index (χ4n) is 1.84. The zero-order valence-corrected chi connectivity index (χ0v) is 13.5. The first-order valence-corrected chi connectivity index (χ1v) is 8.07. The minimum absolute atomic E-state index is 0.212. The van der Waals surface area contributed by atoms with E-state index in [0.717, 1.165) is 26.4 Å². The van der Waals surface area contributed by atoms with Crippen molar-refractivity contribution in [2.24, 2.45) is 0 Å². The number of nitrogens with zero attached hydrogens (tertiary/aromatic N) is 1. The van der Waals surface area contributed by atoms with Crippen LogP contribution in [0.3, 0.4) is 0 Å². The van der Waals surface area contributed by atoms with Crippen LogP contribution in [0.4, 0.5) is 4.79 Å². The summed E-state index contributed by atoms with van der Waals surface area (Å²) >= 11 is 2.39. The summed E-state index contributed by atoms with van der Waals surface area (Å²) < 4.78 is 4.86. The lowest BCUT2D eigenvalue weighted by molar-refractivity contribution is -0.150. The molecule has 21 heavy (non-hydrogen) atoms. The van der Waals surface area contributed by atoms with Gasteiger partial charge in [0.1, 0.15) is 6.04 Å². The molecule has 1 aromatic heterocycles. The fourth-order valence-corrected chi connectivity index (χ4v) is 3.64. The molecule has 0 radical (unpaired) electrons. The zero-order chi connectivity index (χ0) is 15.6. The van der Waals surface area contributed by atoms with E-state index in [1.807, 2.05) is 19.1 Å². The summed E-state index contributed by atoms with van der Waals surface area (Å²) in [4.78, 5) is 39.3. The van der Waals surface area contributed by atoms with Gasteiger partial charge in [-0.15, -0.1) is 11.3 Å². The number of thioether (sulfide) groups is 1. The second-order valence-corrected chi connectivity index (χ2v) is 6.74. The van der Waals surface area contributed by atoms with Gasteiger partial charge in [-0.3, -0.25) is 14.5 Å². The van der Waals surface area contributed by atoms with Crippen molar-refractivity contribution in [3.63, 3.8) is 0 Å². The molecular formula is C14H15NO4S2. The van der Waals surface area contributed by atoms with Crippen LogP contribution in [0.15, 0.2) is 17.0 Å². The average molecular weight is 325 g/mol. The van der Waals surface area contributed by atoms with Crippen molar-refractivity contribution in [1.82, 2.24) is 4.90 Å². The number of aryl methyl sites for hydroxylation is 1. The first kappa shape index (κ1) is 15.8. The average Bonchev–Trinajstić information content (AvgIpc) is 2.94. The SMILES string of the molecule is CCOC(=O)[C@H](C)N1C(=O)S/C(=C\c2ccc(C)s2)C1=O. The third kappa shape index (κ3) is 3.36. The Morgan fingerprint density at radius 1 is 1.43 bits per heavy atom. The van der Waals surface area contributed by atoms with E-state index in [1.165, 1.54) is 18.3 Å². The summed E-state index contributed by atoms with van der Waals surface area (Å²) in [6.45, 7) is 5.35. The minimum Gasteiger partial charge on any atom is -0.464 e. The first-order chi connectivity index (χ1) is 9.93. The van der Waals surface area contributed by atoms with Crippen molar-refractivity contribution in [2.45, 2.75) is 26.8 Å². The van der Waals surface area contributed by atoms with E-state index in [4.69, 9.17) is 4.74 Å². The molecule has 0 saturated carbocycles. The molecule has 112 valence electrons. The molecule has 1 saturated heterocycles. The second kappa shape index (κ2) is 6.44. The molecule has 1 atom stereocenters. The van der Waals surface area contributed by atoms with Crippen LogP contribution in [-0.2, 0) is 14.3 Å². The molecule has 1 aliphatic rings. The number of thiophene rings is 1. The Bertz CT molecular complexity index is 620. The highest BCUT2D eigenvalue weighted by molar-refractivity contribution is 8.18. The Kier molecular flexibility index (Phi) is 4.84. The van der Waals surface area contributed by atoms with E-state index >= 15 is 0 Å². The lowest BCUT2D eigenvalue weighted by atomic mass is 10.3. The first-order valence-electron chi connectivity index (χ1n) is 6.44. The number of carbonyl (C=O) groups is 3. The summed E-state index contributed by atoms with van der Waals surface area (Å²) in [6, 6.07) is 2.93. The lowest BCUT2D eigenvalue weighted by Crippen LogP contribution is -2.42. The Labute approximate surface area is 131 Å². The molecule has 2 amide bonds. The van der Waals surface area contributed by atoms with E-state index in [0.29, 0.717) is 4.91 Å². The molecule has 7 heteroatoms. The maximum atomic E-state index is 12.3. The predicted molar refractivity (Wildman–Crippen MR) is 83.0 cm³/mol. The van der Waals surface area contributed by atoms with Gasteiger partial charge in [0.2, 0.25) is 0 Å². The fraction of sp³-hybridized carbons (Fsp3) is 0.357. The Morgan fingerprint density at radius 2 is 2.14 bits per heavy atom. The predicted octanol–water partition coefficient (Wildman–Crippen LogP) is 3.04. The van der Waals surface area contributed by atoms with Gasteiger partial charge >= 0.3 is 5.97 Å². The van der Waals surface area contributed by atoms with Crippen molar-refractivity contribution in [2.75, 3.05) is 6.61 Å². The van der Waals surface area contributed by atoms with Crippen LogP contribution in [-0.4, -0.2) is 34.7 Å². The van der Waals surface area contributed by atoms with Gasteiger partial charge in [0.25, 0.3) is 11.1 Å². The molecule has 0 aliphatic carbocycles. The normalized spacial score (nSPS) is 18.4. The van der Waals surface area contributed by atoms with Gasteiger partial charge < -0.3 is 4.74 Å². The highest BCUT2D eigenvalue weighted by atomic mass is 32.2. The molecule has 0 unspecified atom stereocenters. The highest BCUT2D eigenvalue weighted by Crippen LogP contribution is 2.34. The van der Waals surface area contributed by atoms with Crippen molar-refractivity contribution >= 4 is 46.3 Å². The van der Waals surface area contributed by atoms with Gasteiger partial charge in [0.15, 0.2) is 0 Å². The molecular weight excluding hydrogens is 310 g/mol. The Balaban J connectivity index is 2.20. The van der Waals surface area contributed by atoms with E-state index in [-0.39, 0.29) is 6.61 Å². The lowest BCUT2D eigenvalue weighted by Gasteiger charge is -2.19. The van der Waals surface area contributed by atoms with Crippen LogP contribution >= 0.6 is 23.1 Å². The molecule has 1 aliphatic heterocycles. The van der Waals surface area contributed by atoms with Crippen molar-refractivity contribution in [3.05, 3.63) is 26.8 Å². The maximum absolute atomic E-state index is 12.3. The third-order valence-corrected chi connectivity index (χ3v) is 4.70. The molecule has 0 N–H and O–H groups in total. The third-order valence-electron chi connectivity index (χ3n) is 2.87. The number of hydrogen-bond donors (Lipinski definition) is 0. The van der Waals surface area contributed by atoms with Gasteiger partial charge in [-0.2, -0.15) is 0 Å². The monoisotopic (exact) mass is 325 g/mol. The van der Waals surface area contributed by atoms with Crippen LogP contribution in [0.25, 0.3) is 6.08 Å². The molecule has 5 nitrogen and oxygen atoms in total. The summed E-state index contributed by atoms with van der Waals surface area (Å²) in [6.07, 6.45) is 1.68. The van der Waals surface area contributed by atoms with Gasteiger partial charge in [-0.05, 0) is 50.7 Å². The molecule has 1 aromatic rings. The second-order valence-electron chi connectivity index (χ2n) is 4.43. The van der Waals surface area contributed by atoms with E-state index in [9.17, 15) is 14.4 Å². The van der Waals surface area contributed by atoms with E-state index in [2.05, 4.69) is 0 Å². The molecule has 2 heterocycles. The van der Waals surface area contributed by atoms with Crippen LogP contribution < -0.4 is 0 Å². The molecule has 0 bridgehead atoms. The smallest absolute Gasteiger partial charge is 0.329 e. The molecule has 1 fully saturated rings. The standard InChI is InChI=1S/C14H15NO4S2/c1-4-19-13(17)9(3)15-12(16)11(21-14(15)18)7-10-6-5-8(2)20-10/h5-7,9H,4H2,1-3H3/b11-7-/t9-/m0/s1. The van der Waals surface area contributed by atoms with Gasteiger partial charge in [-0.1, -0.05) is 0 Å². The molecule has 2 rings (SSSR count). The number of amides is 2. The zero-order valence-electron chi connectivity index (χ0n) is 11.9. The maximum Gasteiger partial charge on any atom is 0.329 e. The highest BCUT2D eigenvalue weighted by Gasteiger charge is 2.41. The molecule has 0 aromatic carbocycles. The van der Waals surface area contributed by atoms with Crippen LogP contribution in [0, 0.1) is 6.92 Å². The number of esters is 1. The summed E-state index contributed by atoms with van der Waals surface area (Å²) in [5.41, 5.74) is 0.